The Balaban J connectivity index is 2.06. The van der Waals surface area contributed by atoms with E-state index in [9.17, 15) is 9.18 Å². The molecule has 1 N–H and O–H groups in total. The topological polar surface area (TPSA) is 29.1 Å². The fraction of sp³-hybridized carbons (Fsp3) is 0.462. The second-order valence-electron chi connectivity index (χ2n) is 4.32. The first-order chi connectivity index (χ1) is 8.18. The maximum Gasteiger partial charge on any atom is 0.254 e. The number of thioether (sulfide) groups is 1. The second-order valence-corrected chi connectivity index (χ2v) is 5.47. The van der Waals surface area contributed by atoms with Gasteiger partial charge in [0.05, 0.1) is 5.56 Å². The van der Waals surface area contributed by atoms with E-state index in [0.717, 1.165) is 24.3 Å². The molecule has 2 nitrogen and oxygen atoms in total. The van der Waals surface area contributed by atoms with Gasteiger partial charge in [-0.2, -0.15) is 11.8 Å². The summed E-state index contributed by atoms with van der Waals surface area (Å²) >= 11 is 1.84. The van der Waals surface area contributed by atoms with Crippen molar-refractivity contribution in [2.45, 2.75) is 25.8 Å². The molecule has 0 aliphatic carbocycles. The quantitative estimate of drug-likeness (QED) is 0.878. The van der Waals surface area contributed by atoms with E-state index in [1.165, 1.54) is 6.07 Å². The average Bonchev–Trinajstić information content (AvgIpc) is 2.34. The van der Waals surface area contributed by atoms with Crippen LogP contribution in [0.4, 0.5) is 4.39 Å². The van der Waals surface area contributed by atoms with Gasteiger partial charge in [0, 0.05) is 11.8 Å². The fourth-order valence-corrected chi connectivity index (χ4v) is 3.01. The van der Waals surface area contributed by atoms with Gasteiger partial charge in [-0.3, -0.25) is 4.79 Å². The molecule has 0 radical (unpaired) electrons. The molecule has 2 rings (SSSR count). The Labute approximate surface area is 105 Å². The van der Waals surface area contributed by atoms with Gasteiger partial charge in [0.25, 0.3) is 5.91 Å². The number of carbonyl (C=O) groups excluding carboxylic acids is 1. The number of carbonyl (C=O) groups is 1. The molecule has 1 aliphatic heterocycles. The number of hydrogen-bond acceptors (Lipinski definition) is 2. The van der Waals surface area contributed by atoms with Crippen molar-refractivity contribution >= 4 is 17.7 Å². The molecule has 1 atom stereocenters. The number of nitrogens with one attached hydrogen (secondary N) is 1. The molecule has 0 saturated carbocycles. The van der Waals surface area contributed by atoms with Crippen molar-refractivity contribution in [2.24, 2.45) is 0 Å². The summed E-state index contributed by atoms with van der Waals surface area (Å²) in [7, 11) is 0. The van der Waals surface area contributed by atoms with Crippen molar-refractivity contribution in [3.05, 3.63) is 35.1 Å². The summed E-state index contributed by atoms with van der Waals surface area (Å²) in [6, 6.07) is 5.10. The van der Waals surface area contributed by atoms with Crippen LogP contribution in [0.5, 0.6) is 0 Å². The zero-order valence-corrected chi connectivity index (χ0v) is 10.6. The van der Waals surface area contributed by atoms with Crippen LogP contribution < -0.4 is 5.32 Å². The largest absolute Gasteiger partial charge is 0.348 e. The van der Waals surface area contributed by atoms with Crippen LogP contribution in [0, 0.1) is 12.7 Å². The predicted molar refractivity (Wildman–Crippen MR) is 69.0 cm³/mol. The summed E-state index contributed by atoms with van der Waals surface area (Å²) in [5.74, 6) is 1.39. The van der Waals surface area contributed by atoms with Gasteiger partial charge in [-0.1, -0.05) is 12.1 Å². The molecule has 92 valence electrons. The Hall–Kier alpha value is -1.03. The molecule has 1 unspecified atom stereocenters. The van der Waals surface area contributed by atoms with Crippen LogP contribution in [-0.4, -0.2) is 23.5 Å². The SMILES string of the molecule is Cc1cccc(C(=O)NC2CCCSC2)c1F. The van der Waals surface area contributed by atoms with Gasteiger partial charge in [-0.05, 0) is 37.1 Å². The molecule has 1 aliphatic rings. The van der Waals surface area contributed by atoms with Crippen LogP contribution in [0.25, 0.3) is 0 Å². The van der Waals surface area contributed by atoms with Gasteiger partial charge in [-0.25, -0.2) is 4.39 Å². The first-order valence-corrected chi connectivity index (χ1v) is 6.97. The Bertz CT molecular complexity index is 416. The van der Waals surface area contributed by atoms with E-state index in [-0.39, 0.29) is 17.5 Å². The molecule has 1 aromatic carbocycles. The van der Waals surface area contributed by atoms with Crippen LogP contribution in [0.15, 0.2) is 18.2 Å². The first kappa shape index (κ1) is 12.4. The van der Waals surface area contributed by atoms with Gasteiger partial charge < -0.3 is 5.32 Å². The summed E-state index contributed by atoms with van der Waals surface area (Å²) in [6.07, 6.45) is 2.11. The van der Waals surface area contributed by atoms with Crippen LogP contribution in [-0.2, 0) is 0 Å². The van der Waals surface area contributed by atoms with E-state index in [0.29, 0.717) is 5.56 Å². The van der Waals surface area contributed by atoms with E-state index >= 15 is 0 Å². The van der Waals surface area contributed by atoms with Gasteiger partial charge >= 0.3 is 0 Å². The minimum atomic E-state index is -0.409. The number of amides is 1. The van der Waals surface area contributed by atoms with Crippen molar-refractivity contribution in [3.63, 3.8) is 0 Å². The van der Waals surface area contributed by atoms with Crippen molar-refractivity contribution in [1.82, 2.24) is 5.32 Å². The van der Waals surface area contributed by atoms with Crippen molar-refractivity contribution in [2.75, 3.05) is 11.5 Å². The van der Waals surface area contributed by atoms with Crippen molar-refractivity contribution in [1.29, 1.82) is 0 Å². The molecular weight excluding hydrogens is 237 g/mol. The second kappa shape index (κ2) is 5.54. The molecule has 17 heavy (non-hydrogen) atoms. The number of hydrogen-bond donors (Lipinski definition) is 1. The van der Waals surface area contributed by atoms with Crippen LogP contribution in [0.1, 0.15) is 28.8 Å². The Kier molecular flexibility index (Phi) is 4.05. The third kappa shape index (κ3) is 3.00. The Morgan fingerprint density at radius 3 is 3.06 bits per heavy atom. The van der Waals surface area contributed by atoms with E-state index in [1.807, 2.05) is 11.8 Å². The summed E-state index contributed by atoms with van der Waals surface area (Å²) in [6.45, 7) is 1.67. The standard InChI is InChI=1S/C13H16FNOS/c1-9-4-2-6-11(12(9)14)13(16)15-10-5-3-7-17-8-10/h2,4,6,10H,3,5,7-8H2,1H3,(H,15,16). The summed E-state index contributed by atoms with van der Waals surface area (Å²) in [4.78, 5) is 11.9. The molecule has 0 aromatic heterocycles. The highest BCUT2D eigenvalue weighted by Crippen LogP contribution is 2.18. The smallest absolute Gasteiger partial charge is 0.254 e. The number of halogens is 1. The van der Waals surface area contributed by atoms with E-state index < -0.39 is 5.82 Å². The number of benzene rings is 1. The van der Waals surface area contributed by atoms with Gasteiger partial charge in [0.2, 0.25) is 0 Å². The number of aryl methyl sites for hydroxylation is 1. The molecular formula is C13H16FNOS. The van der Waals surface area contributed by atoms with E-state index in [1.54, 1.807) is 19.1 Å². The van der Waals surface area contributed by atoms with Gasteiger partial charge in [0.15, 0.2) is 0 Å². The average molecular weight is 253 g/mol. The highest BCUT2D eigenvalue weighted by atomic mass is 32.2. The van der Waals surface area contributed by atoms with E-state index in [2.05, 4.69) is 5.32 Å². The molecule has 1 fully saturated rings. The van der Waals surface area contributed by atoms with Gasteiger partial charge in [0.1, 0.15) is 5.82 Å². The van der Waals surface area contributed by atoms with Crippen LogP contribution in [0.3, 0.4) is 0 Å². The minimum absolute atomic E-state index is 0.153. The Morgan fingerprint density at radius 2 is 2.35 bits per heavy atom. The third-order valence-electron chi connectivity index (χ3n) is 2.93. The molecule has 0 bridgehead atoms. The monoisotopic (exact) mass is 253 g/mol. The lowest BCUT2D eigenvalue weighted by Gasteiger charge is -2.22. The molecule has 1 saturated heterocycles. The van der Waals surface area contributed by atoms with E-state index in [4.69, 9.17) is 0 Å². The first-order valence-electron chi connectivity index (χ1n) is 5.82. The third-order valence-corrected chi connectivity index (χ3v) is 4.15. The lowest BCUT2D eigenvalue weighted by Crippen LogP contribution is -2.38. The maximum atomic E-state index is 13.7. The van der Waals surface area contributed by atoms with Crippen molar-refractivity contribution < 1.29 is 9.18 Å². The lowest BCUT2D eigenvalue weighted by molar-refractivity contribution is 0.0934. The molecule has 1 aromatic rings. The van der Waals surface area contributed by atoms with Crippen LogP contribution >= 0.6 is 11.8 Å². The summed E-state index contributed by atoms with van der Waals surface area (Å²) in [5.41, 5.74) is 0.663. The van der Waals surface area contributed by atoms with Gasteiger partial charge in [-0.15, -0.1) is 0 Å². The van der Waals surface area contributed by atoms with Crippen molar-refractivity contribution in [3.8, 4) is 0 Å². The number of rotatable bonds is 2. The highest BCUT2D eigenvalue weighted by molar-refractivity contribution is 7.99. The Morgan fingerprint density at radius 1 is 1.53 bits per heavy atom. The fourth-order valence-electron chi connectivity index (χ4n) is 1.94. The van der Waals surface area contributed by atoms with Crippen LogP contribution in [0.2, 0.25) is 0 Å². The molecule has 1 heterocycles. The minimum Gasteiger partial charge on any atom is -0.348 e. The maximum absolute atomic E-state index is 13.7. The molecule has 1 amide bonds. The highest BCUT2D eigenvalue weighted by Gasteiger charge is 2.19. The molecule has 0 spiro atoms. The zero-order valence-electron chi connectivity index (χ0n) is 9.83. The summed E-state index contributed by atoms with van der Waals surface area (Å²) in [5, 5.41) is 2.90. The molecule has 4 heteroatoms. The lowest BCUT2D eigenvalue weighted by atomic mass is 10.1. The summed E-state index contributed by atoms with van der Waals surface area (Å²) < 4.78 is 13.7. The predicted octanol–water partition coefficient (Wildman–Crippen LogP) is 2.76. The zero-order chi connectivity index (χ0) is 12.3. The normalized spacial score (nSPS) is 20.0.